The van der Waals surface area contributed by atoms with Gasteiger partial charge in [0, 0.05) is 49.2 Å². The Morgan fingerprint density at radius 1 is 1.26 bits per heavy atom. The summed E-state index contributed by atoms with van der Waals surface area (Å²) in [5.74, 6) is 0.0369. The molecular weight excluding hydrogens is 380 g/mol. The molecule has 0 saturated carbocycles. The lowest BCUT2D eigenvalue weighted by molar-refractivity contribution is 0.327. The topological polar surface area (TPSA) is 68.1 Å². The second-order valence-electron chi connectivity index (χ2n) is 7.40. The molecule has 0 unspecified atom stereocenters. The van der Waals surface area contributed by atoms with Crippen LogP contribution in [0.3, 0.4) is 0 Å². The van der Waals surface area contributed by atoms with E-state index in [-0.39, 0.29) is 11.2 Å². The number of hydrogen-bond acceptors (Lipinski definition) is 6. The first-order valence-corrected chi connectivity index (χ1v) is 11.3. The van der Waals surface area contributed by atoms with Gasteiger partial charge in [-0.05, 0) is 30.2 Å². The summed E-state index contributed by atoms with van der Waals surface area (Å²) < 4.78 is 27.9. The lowest BCUT2D eigenvalue weighted by Gasteiger charge is -2.16. The molecule has 4 heterocycles. The first-order chi connectivity index (χ1) is 12.9. The lowest BCUT2D eigenvalue weighted by Crippen LogP contribution is -2.25. The summed E-state index contributed by atoms with van der Waals surface area (Å²) in [4.78, 5) is 8.30. The fraction of sp³-hybridized carbons (Fsp3) is 0.368. The van der Waals surface area contributed by atoms with E-state index in [9.17, 15) is 8.42 Å². The first kappa shape index (κ1) is 17.1. The maximum atomic E-state index is 13.1. The zero-order chi connectivity index (χ0) is 18.8. The Hall–Kier alpha value is -2.03. The Balaban J connectivity index is 1.49. The van der Waals surface area contributed by atoms with E-state index in [1.165, 1.54) is 4.88 Å². The van der Waals surface area contributed by atoms with Crippen LogP contribution >= 0.6 is 11.3 Å². The Kier molecular flexibility index (Phi) is 3.79. The number of sulfone groups is 1. The second kappa shape index (κ2) is 5.98. The number of fused-ring (bicyclic) bond motifs is 3. The summed E-state index contributed by atoms with van der Waals surface area (Å²) in [7, 11) is -1.39. The third kappa shape index (κ3) is 2.66. The van der Waals surface area contributed by atoms with E-state index in [0.717, 1.165) is 35.5 Å². The molecule has 0 aliphatic carbocycles. The van der Waals surface area contributed by atoms with Crippen molar-refractivity contribution in [1.29, 1.82) is 0 Å². The van der Waals surface area contributed by atoms with Gasteiger partial charge in [-0.25, -0.2) is 13.4 Å². The van der Waals surface area contributed by atoms with Crippen LogP contribution in [-0.2, 0) is 23.4 Å². The molecular formula is C19H20N4O2S2. The molecule has 8 heteroatoms. The molecule has 2 aromatic heterocycles. The third-order valence-corrected chi connectivity index (χ3v) is 8.89. The fourth-order valence-electron chi connectivity index (χ4n) is 4.29. The average molecular weight is 401 g/mol. The quantitative estimate of drug-likeness (QED) is 0.676. The number of aromatic nitrogens is 3. The Morgan fingerprint density at radius 3 is 2.81 bits per heavy atom. The van der Waals surface area contributed by atoms with Gasteiger partial charge in [0.2, 0.25) is 0 Å². The molecule has 3 aromatic rings. The summed E-state index contributed by atoms with van der Waals surface area (Å²) in [5, 5.41) is 3.89. The second-order valence-corrected chi connectivity index (χ2v) is 10.5. The van der Waals surface area contributed by atoms with E-state index in [2.05, 4.69) is 21.0 Å². The van der Waals surface area contributed by atoms with Crippen LogP contribution in [0.2, 0.25) is 0 Å². The molecule has 2 atom stereocenters. The summed E-state index contributed by atoms with van der Waals surface area (Å²) in [6.45, 7) is 4.14. The summed E-state index contributed by atoms with van der Waals surface area (Å²) in [6, 6.07) is 5.73. The highest BCUT2D eigenvalue weighted by molar-refractivity contribution is 7.92. The minimum atomic E-state index is -3.27. The van der Waals surface area contributed by atoms with Gasteiger partial charge in [0.15, 0.2) is 9.84 Å². The van der Waals surface area contributed by atoms with Crippen molar-refractivity contribution in [2.75, 3.05) is 13.1 Å². The van der Waals surface area contributed by atoms with Crippen LogP contribution in [0.5, 0.6) is 0 Å². The van der Waals surface area contributed by atoms with E-state index in [4.69, 9.17) is 0 Å². The number of rotatable bonds is 3. The van der Waals surface area contributed by atoms with Gasteiger partial charge in [-0.2, -0.15) is 5.10 Å². The van der Waals surface area contributed by atoms with Crippen molar-refractivity contribution in [3.63, 3.8) is 0 Å². The maximum absolute atomic E-state index is 13.1. The van der Waals surface area contributed by atoms with Crippen molar-refractivity contribution >= 4 is 21.2 Å². The van der Waals surface area contributed by atoms with E-state index in [1.54, 1.807) is 22.1 Å². The molecule has 1 aromatic carbocycles. The molecule has 1 fully saturated rings. The zero-order valence-electron chi connectivity index (χ0n) is 15.2. The maximum Gasteiger partial charge on any atom is 0.183 e. The molecule has 0 spiro atoms. The molecule has 1 saturated heterocycles. The molecule has 5 rings (SSSR count). The molecule has 6 nitrogen and oxygen atoms in total. The van der Waals surface area contributed by atoms with Crippen molar-refractivity contribution in [2.45, 2.75) is 29.5 Å². The molecule has 0 N–H and O–H groups in total. The molecule has 0 bridgehead atoms. The molecule has 0 amide bonds. The first-order valence-electron chi connectivity index (χ1n) is 8.91. The lowest BCUT2D eigenvalue weighted by atomic mass is 9.95. The van der Waals surface area contributed by atoms with Crippen LogP contribution in [-0.4, -0.2) is 46.4 Å². The zero-order valence-corrected chi connectivity index (χ0v) is 16.8. The molecule has 140 valence electrons. The number of hydrogen-bond donors (Lipinski definition) is 0. The largest absolute Gasteiger partial charge is 0.296 e. The number of benzene rings is 1. The van der Waals surface area contributed by atoms with Crippen molar-refractivity contribution in [3.8, 4) is 11.1 Å². The van der Waals surface area contributed by atoms with Gasteiger partial charge in [0.1, 0.15) is 0 Å². The molecule has 27 heavy (non-hydrogen) atoms. The van der Waals surface area contributed by atoms with Gasteiger partial charge in [-0.15, -0.1) is 11.3 Å². The Labute approximate surface area is 162 Å². The number of likely N-dealkylation sites (tertiary alicyclic amines) is 1. The number of nitrogens with zero attached hydrogens (tertiary/aromatic N) is 4. The highest BCUT2D eigenvalue weighted by atomic mass is 32.2. The number of aryl methyl sites for hydroxylation is 2. The Morgan fingerprint density at radius 2 is 2.11 bits per heavy atom. The van der Waals surface area contributed by atoms with Crippen LogP contribution in [0.4, 0.5) is 0 Å². The fourth-order valence-corrected chi connectivity index (χ4v) is 7.30. The minimum absolute atomic E-state index is 0.0369. The molecule has 2 aliphatic rings. The van der Waals surface area contributed by atoms with Crippen LogP contribution in [0.15, 0.2) is 41.0 Å². The normalized spacial score (nSPS) is 23.5. The monoisotopic (exact) mass is 400 g/mol. The standard InChI is InChI=1S/C19H20N4O2S2/c1-12-17(26-11-20-12)9-23-8-16-15-5-13(14-6-21-22(2)7-14)3-4-18(15)27(24,25)19(16)10-23/h3-7,11,16,19H,8-10H2,1-2H3/t16-,19+/m1/s1. The Bertz CT molecular complexity index is 1130. The number of thiazole rings is 1. The molecule has 0 radical (unpaired) electrons. The molecule has 2 aliphatic heterocycles. The van der Waals surface area contributed by atoms with Crippen molar-refractivity contribution in [3.05, 3.63) is 52.2 Å². The van der Waals surface area contributed by atoms with E-state index < -0.39 is 9.84 Å². The highest BCUT2D eigenvalue weighted by Gasteiger charge is 2.50. The van der Waals surface area contributed by atoms with E-state index in [0.29, 0.717) is 11.4 Å². The van der Waals surface area contributed by atoms with E-state index >= 15 is 0 Å². The van der Waals surface area contributed by atoms with Gasteiger partial charge in [-0.1, -0.05) is 6.07 Å². The van der Waals surface area contributed by atoms with Crippen LogP contribution in [0.25, 0.3) is 11.1 Å². The van der Waals surface area contributed by atoms with E-state index in [1.807, 2.05) is 37.9 Å². The van der Waals surface area contributed by atoms with Crippen LogP contribution < -0.4 is 0 Å². The van der Waals surface area contributed by atoms with Crippen molar-refractivity contribution < 1.29 is 8.42 Å². The summed E-state index contributed by atoms with van der Waals surface area (Å²) in [5.41, 5.74) is 5.89. The van der Waals surface area contributed by atoms with Gasteiger partial charge in [-0.3, -0.25) is 9.58 Å². The smallest absolute Gasteiger partial charge is 0.183 e. The summed E-state index contributed by atoms with van der Waals surface area (Å²) >= 11 is 1.64. The van der Waals surface area contributed by atoms with Gasteiger partial charge in [0.25, 0.3) is 0 Å². The van der Waals surface area contributed by atoms with Gasteiger partial charge < -0.3 is 0 Å². The van der Waals surface area contributed by atoms with Crippen molar-refractivity contribution in [2.24, 2.45) is 7.05 Å². The van der Waals surface area contributed by atoms with Gasteiger partial charge in [0.05, 0.1) is 27.5 Å². The minimum Gasteiger partial charge on any atom is -0.296 e. The third-order valence-electron chi connectivity index (χ3n) is 5.71. The van der Waals surface area contributed by atoms with Crippen LogP contribution in [0, 0.1) is 6.92 Å². The SMILES string of the molecule is Cc1ncsc1CN1C[C@@H]2c3cc(-c4cnn(C)c4)ccc3S(=O)(=O)[C@H]2C1. The average Bonchev–Trinajstić information content (AvgIpc) is 3.38. The predicted octanol–water partition coefficient (Wildman–Crippen LogP) is 2.61. The summed E-state index contributed by atoms with van der Waals surface area (Å²) in [6.07, 6.45) is 3.77. The predicted molar refractivity (Wildman–Crippen MR) is 104 cm³/mol. The van der Waals surface area contributed by atoms with Crippen LogP contribution in [0.1, 0.15) is 22.1 Å². The van der Waals surface area contributed by atoms with Crippen molar-refractivity contribution in [1.82, 2.24) is 19.7 Å². The highest BCUT2D eigenvalue weighted by Crippen LogP contribution is 2.46. The van der Waals surface area contributed by atoms with Gasteiger partial charge >= 0.3 is 0 Å².